The quantitative estimate of drug-likeness (QED) is 0.225. The molecule has 0 fully saturated rings. The smallest absolute Gasteiger partial charge is 0.260 e. The van der Waals surface area contributed by atoms with Crippen molar-refractivity contribution in [3.63, 3.8) is 0 Å². The molecule has 12 heteroatoms. The predicted molar refractivity (Wildman–Crippen MR) is 159 cm³/mol. The van der Waals surface area contributed by atoms with E-state index >= 15 is 0 Å². The zero-order chi connectivity index (χ0) is 28.8. The molecule has 0 unspecified atom stereocenters. The second kappa shape index (κ2) is 13.2. The lowest BCUT2D eigenvalue weighted by atomic mass is 10.1. The summed E-state index contributed by atoms with van der Waals surface area (Å²) in [5.74, 6) is 1.67. The third-order valence-electron chi connectivity index (χ3n) is 6.55. The van der Waals surface area contributed by atoms with Crippen LogP contribution in [-0.2, 0) is 6.54 Å². The van der Waals surface area contributed by atoms with Gasteiger partial charge in [-0.15, -0.1) is 10.2 Å². The van der Waals surface area contributed by atoms with Crippen LogP contribution < -0.4 is 25.1 Å². The molecule has 0 aliphatic rings. The monoisotopic (exact) mass is 586 g/mol. The fourth-order valence-corrected chi connectivity index (χ4v) is 5.01. The Balaban J connectivity index is 1.64. The van der Waals surface area contributed by atoms with Gasteiger partial charge in [0.1, 0.15) is 29.4 Å². The van der Waals surface area contributed by atoms with E-state index in [2.05, 4.69) is 39.2 Å². The maximum absolute atomic E-state index is 13.6. The zero-order valence-corrected chi connectivity index (χ0v) is 24.6. The van der Waals surface area contributed by atoms with Crippen LogP contribution in [0.3, 0.4) is 0 Å². The molecule has 2 aromatic carbocycles. The van der Waals surface area contributed by atoms with Gasteiger partial charge in [0.05, 0.1) is 29.8 Å². The number of nitrogens with one attached hydrogen (secondary N) is 1. The van der Waals surface area contributed by atoms with E-state index in [1.807, 2.05) is 31.2 Å². The van der Waals surface area contributed by atoms with Crippen LogP contribution in [0.25, 0.3) is 22.3 Å². The van der Waals surface area contributed by atoms with Crippen molar-refractivity contribution in [2.45, 2.75) is 27.3 Å². The van der Waals surface area contributed by atoms with E-state index in [1.54, 1.807) is 12.1 Å². The molecule has 0 radical (unpaired) electrons. The number of ether oxygens (including phenoxy) is 3. The number of likely N-dealkylation sites (N-methyl/N-ethyl adjacent to an activating group) is 1. The first-order valence-corrected chi connectivity index (χ1v) is 13.7. The minimum atomic E-state index is -0.341. The normalized spacial score (nSPS) is 11.2. The number of hydrogen-bond donors (Lipinski definition) is 1. The molecule has 2 heterocycles. The lowest BCUT2D eigenvalue weighted by Crippen LogP contribution is -2.27. The van der Waals surface area contributed by atoms with Crippen LogP contribution in [0.5, 0.6) is 17.2 Å². The molecule has 0 spiro atoms. The number of rotatable bonds is 12. The average Bonchev–Trinajstić information content (AvgIpc) is 2.97. The van der Waals surface area contributed by atoms with Crippen molar-refractivity contribution in [2.24, 2.45) is 0 Å². The summed E-state index contributed by atoms with van der Waals surface area (Å²) in [6.45, 7) is 9.91. The Bertz CT molecular complexity index is 1510. The highest BCUT2D eigenvalue weighted by Gasteiger charge is 2.23. The summed E-state index contributed by atoms with van der Waals surface area (Å²) in [5.41, 5.74) is 1.69. The van der Waals surface area contributed by atoms with Gasteiger partial charge in [-0.25, -0.2) is 0 Å². The van der Waals surface area contributed by atoms with Gasteiger partial charge >= 0.3 is 0 Å². The highest BCUT2D eigenvalue weighted by molar-refractivity contribution is 6.41. The molecule has 40 heavy (non-hydrogen) atoms. The van der Waals surface area contributed by atoms with Gasteiger partial charge in [0, 0.05) is 30.4 Å². The molecule has 1 N–H and O–H groups in total. The minimum Gasteiger partial charge on any atom is -0.495 e. The van der Waals surface area contributed by atoms with Crippen molar-refractivity contribution < 1.29 is 14.2 Å². The molecule has 0 aliphatic carbocycles. The highest BCUT2D eigenvalue weighted by atomic mass is 35.5. The zero-order valence-electron chi connectivity index (χ0n) is 23.1. The molecule has 0 saturated carbocycles. The van der Waals surface area contributed by atoms with Gasteiger partial charge in [0.25, 0.3) is 5.56 Å². The van der Waals surface area contributed by atoms with Crippen LogP contribution in [0.4, 0.5) is 11.6 Å². The lowest BCUT2D eigenvalue weighted by molar-refractivity contribution is 0.223. The SMILES string of the molecule is CCN(CC)CCOc1ccc(Nc2nnc3cc(-c4c(Cl)c(OC)cc(OC)c4Cl)c(=O)n(CC)c3n2)cc1. The minimum absolute atomic E-state index is 0.187. The van der Waals surface area contributed by atoms with Crippen LogP contribution in [0.1, 0.15) is 20.8 Å². The third-order valence-corrected chi connectivity index (χ3v) is 7.30. The summed E-state index contributed by atoms with van der Waals surface area (Å²) in [7, 11) is 2.95. The summed E-state index contributed by atoms with van der Waals surface area (Å²) in [6, 6.07) is 10.6. The van der Waals surface area contributed by atoms with E-state index in [1.165, 1.54) is 18.8 Å². The van der Waals surface area contributed by atoms with Gasteiger partial charge in [-0.1, -0.05) is 37.0 Å². The largest absolute Gasteiger partial charge is 0.495 e. The fraction of sp³-hybridized carbons (Fsp3) is 0.357. The summed E-state index contributed by atoms with van der Waals surface area (Å²) in [5, 5.41) is 12.1. The molecule has 212 valence electrons. The van der Waals surface area contributed by atoms with Crippen molar-refractivity contribution >= 4 is 46.0 Å². The van der Waals surface area contributed by atoms with E-state index in [9.17, 15) is 4.79 Å². The lowest BCUT2D eigenvalue weighted by Gasteiger charge is -2.18. The standard InChI is InChI=1S/C28H32Cl2N6O4/c1-6-35(7-2)13-14-40-18-11-9-17(10-12-18)31-28-32-26-20(33-34-28)15-19(27(37)36(26)8-3)23-24(29)21(38-4)16-22(39-5)25(23)30/h9-12,15-16H,6-8,13-14H2,1-5H3,(H,31,32,34). The molecular formula is C28H32Cl2N6O4. The Morgan fingerprint density at radius 3 is 2.17 bits per heavy atom. The Kier molecular flexibility index (Phi) is 9.67. The highest BCUT2D eigenvalue weighted by Crippen LogP contribution is 2.45. The topological polar surface area (TPSA) is 104 Å². The van der Waals surface area contributed by atoms with Crippen molar-refractivity contribution in [3.05, 3.63) is 56.8 Å². The molecule has 0 amide bonds. The number of fused-ring (bicyclic) bond motifs is 1. The number of pyridine rings is 1. The van der Waals surface area contributed by atoms with E-state index in [-0.39, 0.29) is 32.7 Å². The van der Waals surface area contributed by atoms with Crippen LogP contribution in [-0.4, -0.2) is 65.1 Å². The average molecular weight is 588 g/mol. The molecule has 0 atom stereocenters. The first kappa shape index (κ1) is 29.4. The molecule has 10 nitrogen and oxygen atoms in total. The van der Waals surface area contributed by atoms with E-state index in [0.717, 1.165) is 31.1 Å². The number of halogens is 2. The summed E-state index contributed by atoms with van der Waals surface area (Å²) >= 11 is 13.2. The van der Waals surface area contributed by atoms with Crippen LogP contribution in [0, 0.1) is 0 Å². The first-order chi connectivity index (χ1) is 19.3. The number of benzene rings is 2. The number of aromatic nitrogens is 4. The van der Waals surface area contributed by atoms with Gasteiger partial charge in [-0.05, 0) is 50.3 Å². The van der Waals surface area contributed by atoms with E-state index in [0.29, 0.717) is 35.8 Å². The second-order valence-corrected chi connectivity index (χ2v) is 9.52. The van der Waals surface area contributed by atoms with Crippen molar-refractivity contribution in [1.29, 1.82) is 0 Å². The Hall–Kier alpha value is -3.60. The van der Waals surface area contributed by atoms with Crippen LogP contribution in [0.2, 0.25) is 10.0 Å². The first-order valence-electron chi connectivity index (χ1n) is 13.0. The van der Waals surface area contributed by atoms with Crippen molar-refractivity contribution in [1.82, 2.24) is 24.6 Å². The Morgan fingerprint density at radius 2 is 1.60 bits per heavy atom. The van der Waals surface area contributed by atoms with Gasteiger partial charge in [0.15, 0.2) is 5.65 Å². The van der Waals surface area contributed by atoms with Crippen LogP contribution >= 0.6 is 23.2 Å². The summed E-state index contributed by atoms with van der Waals surface area (Å²) < 4.78 is 18.1. The summed E-state index contributed by atoms with van der Waals surface area (Å²) in [6.07, 6.45) is 0. The molecule has 0 saturated heterocycles. The van der Waals surface area contributed by atoms with Gasteiger partial charge in [-0.2, -0.15) is 4.98 Å². The maximum atomic E-state index is 13.6. The van der Waals surface area contributed by atoms with E-state index < -0.39 is 0 Å². The number of methoxy groups -OCH3 is 2. The predicted octanol–water partition coefficient (Wildman–Crippen LogP) is 5.66. The second-order valence-electron chi connectivity index (χ2n) is 8.76. The number of anilines is 2. The molecule has 0 bridgehead atoms. The Morgan fingerprint density at radius 1 is 0.950 bits per heavy atom. The molecule has 4 rings (SSSR count). The van der Waals surface area contributed by atoms with Gasteiger partial charge in [-0.3, -0.25) is 9.36 Å². The van der Waals surface area contributed by atoms with Gasteiger partial charge in [0.2, 0.25) is 5.95 Å². The number of hydrogen-bond acceptors (Lipinski definition) is 9. The Labute approximate surface area is 242 Å². The molecular weight excluding hydrogens is 555 g/mol. The van der Waals surface area contributed by atoms with Crippen molar-refractivity contribution in [2.75, 3.05) is 45.8 Å². The molecule has 4 aromatic rings. The number of nitrogens with zero attached hydrogens (tertiary/aromatic N) is 5. The summed E-state index contributed by atoms with van der Waals surface area (Å²) in [4.78, 5) is 20.5. The van der Waals surface area contributed by atoms with Gasteiger partial charge < -0.3 is 24.4 Å². The van der Waals surface area contributed by atoms with Crippen molar-refractivity contribution in [3.8, 4) is 28.4 Å². The third kappa shape index (κ3) is 6.09. The molecule has 0 aliphatic heterocycles. The van der Waals surface area contributed by atoms with Crippen LogP contribution in [0.15, 0.2) is 41.2 Å². The molecule has 2 aromatic heterocycles. The maximum Gasteiger partial charge on any atom is 0.260 e. The van der Waals surface area contributed by atoms with E-state index in [4.69, 9.17) is 37.4 Å². The number of aryl methyl sites for hydroxylation is 1. The fourth-order valence-electron chi connectivity index (χ4n) is 4.30.